The summed E-state index contributed by atoms with van der Waals surface area (Å²) in [7, 11) is 1.55. The molecule has 9 nitrogen and oxygen atoms in total. The molecule has 162 valence electrons. The molecule has 0 amide bonds. The number of imidazole rings is 1. The van der Waals surface area contributed by atoms with Crippen molar-refractivity contribution in [3.05, 3.63) is 50.2 Å². The lowest BCUT2D eigenvalue weighted by atomic mass is 10.1. The van der Waals surface area contributed by atoms with Crippen molar-refractivity contribution in [3.8, 4) is 5.75 Å². The standard InChI is InChI=1S/C21H29N5O4/c1-12(2)9-22-20-23-18-17(19(28)24-21(29)25(18)5)26(20)10-15(27)11-30-16-7-6-13(3)14(4)8-16/h6-8,12,15,27H,9-11H2,1-5H3,(H,22,23)(H,24,28,29)/t15-/m0/s1. The molecule has 0 bridgehead atoms. The van der Waals surface area contributed by atoms with Gasteiger partial charge in [0, 0.05) is 13.6 Å². The molecule has 0 saturated heterocycles. The molecular formula is C21H29N5O4. The Morgan fingerprint density at radius 3 is 2.63 bits per heavy atom. The molecule has 3 N–H and O–H groups in total. The third-order valence-corrected chi connectivity index (χ3v) is 4.99. The quantitative estimate of drug-likeness (QED) is 0.514. The van der Waals surface area contributed by atoms with E-state index in [1.807, 2.05) is 32.0 Å². The number of H-pyrrole nitrogens is 1. The Morgan fingerprint density at radius 2 is 1.97 bits per heavy atom. The molecule has 2 aromatic heterocycles. The number of aromatic amines is 1. The van der Waals surface area contributed by atoms with Gasteiger partial charge in [-0.1, -0.05) is 19.9 Å². The van der Waals surface area contributed by atoms with Crippen molar-refractivity contribution >= 4 is 17.1 Å². The van der Waals surface area contributed by atoms with Crippen LogP contribution < -0.4 is 21.3 Å². The summed E-state index contributed by atoms with van der Waals surface area (Å²) in [6, 6.07) is 5.75. The van der Waals surface area contributed by atoms with Gasteiger partial charge in [-0.3, -0.25) is 14.3 Å². The third kappa shape index (κ3) is 4.56. The number of aliphatic hydroxyl groups excluding tert-OH is 1. The molecule has 0 fully saturated rings. The van der Waals surface area contributed by atoms with Crippen molar-refractivity contribution in [1.82, 2.24) is 19.1 Å². The lowest BCUT2D eigenvalue weighted by Crippen LogP contribution is -2.31. The van der Waals surface area contributed by atoms with E-state index in [2.05, 4.69) is 29.1 Å². The molecule has 9 heteroatoms. The lowest BCUT2D eigenvalue weighted by molar-refractivity contribution is 0.0938. The first-order valence-corrected chi connectivity index (χ1v) is 9.99. The fraction of sp³-hybridized carbons (Fsp3) is 0.476. The van der Waals surface area contributed by atoms with Crippen LogP contribution in [-0.4, -0.2) is 43.5 Å². The van der Waals surface area contributed by atoms with Crippen LogP contribution in [0.1, 0.15) is 25.0 Å². The van der Waals surface area contributed by atoms with E-state index in [1.165, 1.54) is 10.1 Å². The molecular weight excluding hydrogens is 386 g/mol. The fourth-order valence-electron chi connectivity index (χ4n) is 3.10. The number of benzene rings is 1. The van der Waals surface area contributed by atoms with Crippen molar-refractivity contribution in [3.63, 3.8) is 0 Å². The minimum absolute atomic E-state index is 0.0511. The van der Waals surface area contributed by atoms with Crippen molar-refractivity contribution in [2.75, 3.05) is 18.5 Å². The van der Waals surface area contributed by atoms with Crippen LogP contribution in [0, 0.1) is 19.8 Å². The maximum Gasteiger partial charge on any atom is 0.329 e. The number of aryl methyl sites for hydroxylation is 3. The monoisotopic (exact) mass is 415 g/mol. The zero-order chi connectivity index (χ0) is 22.0. The number of nitrogens with zero attached hydrogens (tertiary/aromatic N) is 3. The van der Waals surface area contributed by atoms with Crippen LogP contribution in [0.4, 0.5) is 5.95 Å². The van der Waals surface area contributed by atoms with Gasteiger partial charge < -0.3 is 19.7 Å². The van der Waals surface area contributed by atoms with E-state index in [0.717, 1.165) is 5.56 Å². The average molecular weight is 415 g/mol. The number of ether oxygens (including phenoxy) is 1. The second-order valence-electron chi connectivity index (χ2n) is 8.02. The van der Waals surface area contributed by atoms with E-state index in [0.29, 0.717) is 24.2 Å². The van der Waals surface area contributed by atoms with E-state index in [4.69, 9.17) is 4.74 Å². The molecule has 0 unspecified atom stereocenters. The van der Waals surface area contributed by atoms with Crippen LogP contribution in [0.15, 0.2) is 27.8 Å². The third-order valence-electron chi connectivity index (χ3n) is 4.99. The highest BCUT2D eigenvalue weighted by Gasteiger charge is 2.20. The Bertz CT molecular complexity index is 1160. The second-order valence-corrected chi connectivity index (χ2v) is 8.02. The largest absolute Gasteiger partial charge is 0.491 e. The number of fused-ring (bicyclic) bond motifs is 1. The van der Waals surface area contributed by atoms with Gasteiger partial charge in [-0.15, -0.1) is 0 Å². The van der Waals surface area contributed by atoms with Crippen LogP contribution in [0.3, 0.4) is 0 Å². The first-order valence-electron chi connectivity index (χ1n) is 9.99. The average Bonchev–Trinajstić information content (AvgIpc) is 3.04. The number of hydrogen-bond donors (Lipinski definition) is 3. The van der Waals surface area contributed by atoms with Gasteiger partial charge in [-0.05, 0) is 43.0 Å². The Morgan fingerprint density at radius 1 is 1.23 bits per heavy atom. The highest BCUT2D eigenvalue weighted by Crippen LogP contribution is 2.19. The highest BCUT2D eigenvalue weighted by atomic mass is 16.5. The Hall–Kier alpha value is -3.07. The predicted molar refractivity (Wildman–Crippen MR) is 116 cm³/mol. The number of aromatic nitrogens is 4. The lowest BCUT2D eigenvalue weighted by Gasteiger charge is -2.16. The van der Waals surface area contributed by atoms with Crippen molar-refractivity contribution < 1.29 is 9.84 Å². The number of anilines is 1. The fourth-order valence-corrected chi connectivity index (χ4v) is 3.10. The highest BCUT2D eigenvalue weighted by molar-refractivity contribution is 5.74. The summed E-state index contributed by atoms with van der Waals surface area (Å²) >= 11 is 0. The van der Waals surface area contributed by atoms with Gasteiger partial charge in [0.05, 0.1) is 6.54 Å². The Labute approximate surface area is 174 Å². The molecule has 0 aliphatic carbocycles. The minimum atomic E-state index is -0.889. The van der Waals surface area contributed by atoms with Crippen LogP contribution >= 0.6 is 0 Å². The van der Waals surface area contributed by atoms with Gasteiger partial charge in [0.15, 0.2) is 11.2 Å². The van der Waals surface area contributed by atoms with Crippen molar-refractivity contribution in [1.29, 1.82) is 0 Å². The maximum atomic E-state index is 12.5. The first kappa shape index (κ1) is 21.6. The summed E-state index contributed by atoms with van der Waals surface area (Å²) in [6.45, 7) is 8.89. The van der Waals surface area contributed by atoms with Crippen molar-refractivity contribution in [2.45, 2.75) is 40.3 Å². The SMILES string of the molecule is Cc1ccc(OC[C@@H](O)Cn2c(NCC(C)C)nc3c2c(=O)[nH]c(=O)n3C)cc1C. The van der Waals surface area contributed by atoms with Gasteiger partial charge in [-0.25, -0.2) is 4.79 Å². The molecule has 1 atom stereocenters. The van der Waals surface area contributed by atoms with Gasteiger partial charge >= 0.3 is 5.69 Å². The van der Waals surface area contributed by atoms with E-state index in [1.54, 1.807) is 11.6 Å². The molecule has 1 aromatic carbocycles. The normalized spacial score (nSPS) is 12.5. The summed E-state index contributed by atoms with van der Waals surface area (Å²) < 4.78 is 8.62. The molecule has 0 radical (unpaired) electrons. The smallest absolute Gasteiger partial charge is 0.329 e. The first-order chi connectivity index (χ1) is 14.2. The summed E-state index contributed by atoms with van der Waals surface area (Å²) in [5, 5.41) is 13.8. The molecule has 0 spiro atoms. The molecule has 0 saturated carbocycles. The topological polar surface area (TPSA) is 114 Å². The molecule has 0 aliphatic heterocycles. The van der Waals surface area contributed by atoms with Gasteiger partial charge in [0.25, 0.3) is 5.56 Å². The van der Waals surface area contributed by atoms with E-state index in [-0.39, 0.29) is 24.3 Å². The van der Waals surface area contributed by atoms with Gasteiger partial charge in [-0.2, -0.15) is 4.98 Å². The van der Waals surface area contributed by atoms with Crippen molar-refractivity contribution in [2.24, 2.45) is 13.0 Å². The summed E-state index contributed by atoms with van der Waals surface area (Å²) in [5.74, 6) is 1.44. The van der Waals surface area contributed by atoms with Crippen LogP contribution in [0.2, 0.25) is 0 Å². The zero-order valence-electron chi connectivity index (χ0n) is 18.0. The minimum Gasteiger partial charge on any atom is -0.491 e. The molecule has 0 aliphatic rings. The Balaban J connectivity index is 1.87. The van der Waals surface area contributed by atoms with Gasteiger partial charge in [0.2, 0.25) is 5.95 Å². The summed E-state index contributed by atoms with van der Waals surface area (Å²) in [4.78, 5) is 31.2. The molecule has 3 rings (SSSR count). The van der Waals surface area contributed by atoms with Crippen LogP contribution in [0.25, 0.3) is 11.2 Å². The van der Waals surface area contributed by atoms with E-state index >= 15 is 0 Å². The number of nitrogens with one attached hydrogen (secondary N) is 2. The molecule has 3 aromatic rings. The second kappa shape index (κ2) is 8.74. The molecule has 2 heterocycles. The number of rotatable bonds is 8. The number of aliphatic hydroxyl groups is 1. The summed E-state index contributed by atoms with van der Waals surface area (Å²) in [5.41, 5.74) is 1.69. The number of hydrogen-bond acceptors (Lipinski definition) is 6. The predicted octanol–water partition coefficient (Wildman–Crippen LogP) is 1.55. The van der Waals surface area contributed by atoms with Crippen LogP contribution in [-0.2, 0) is 13.6 Å². The van der Waals surface area contributed by atoms with E-state index < -0.39 is 17.4 Å². The van der Waals surface area contributed by atoms with Gasteiger partial charge in [0.1, 0.15) is 18.5 Å². The maximum absolute atomic E-state index is 12.5. The zero-order valence-corrected chi connectivity index (χ0v) is 18.0. The molecule has 30 heavy (non-hydrogen) atoms. The van der Waals surface area contributed by atoms with Crippen LogP contribution in [0.5, 0.6) is 5.75 Å². The van der Waals surface area contributed by atoms with E-state index in [9.17, 15) is 14.7 Å². The Kier molecular flexibility index (Phi) is 6.31. The summed E-state index contributed by atoms with van der Waals surface area (Å²) in [6.07, 6.45) is -0.889.